The van der Waals surface area contributed by atoms with E-state index in [0.717, 1.165) is 56.8 Å². The number of fused-ring (bicyclic) bond motifs is 1. The number of hydrogen-bond donors (Lipinski definition) is 1. The number of nitrogens with one attached hydrogen (secondary N) is 1. The van der Waals surface area contributed by atoms with Crippen molar-refractivity contribution in [2.24, 2.45) is 5.92 Å². The van der Waals surface area contributed by atoms with Crippen molar-refractivity contribution in [1.82, 2.24) is 4.90 Å². The maximum Gasteiger partial charge on any atom is 0.254 e. The van der Waals surface area contributed by atoms with Crippen LogP contribution in [0.2, 0.25) is 0 Å². The summed E-state index contributed by atoms with van der Waals surface area (Å²) >= 11 is 0. The summed E-state index contributed by atoms with van der Waals surface area (Å²) in [5.41, 5.74) is 3.21. The molecule has 4 nitrogen and oxygen atoms in total. The van der Waals surface area contributed by atoms with Crippen molar-refractivity contribution < 1.29 is 9.53 Å². The van der Waals surface area contributed by atoms with Gasteiger partial charge >= 0.3 is 0 Å². The number of anilines is 1. The highest BCUT2D eigenvalue weighted by atomic mass is 16.5. The van der Waals surface area contributed by atoms with E-state index in [1.54, 1.807) is 7.11 Å². The van der Waals surface area contributed by atoms with Crippen molar-refractivity contribution >= 4 is 11.6 Å². The normalized spacial score (nSPS) is 21.4. The average molecular weight is 274 g/mol. The third-order valence-corrected chi connectivity index (χ3v) is 4.30. The van der Waals surface area contributed by atoms with Crippen LogP contribution in [0.3, 0.4) is 0 Å². The number of benzene rings is 1. The van der Waals surface area contributed by atoms with Gasteiger partial charge in [-0.2, -0.15) is 0 Å². The van der Waals surface area contributed by atoms with Gasteiger partial charge in [-0.25, -0.2) is 0 Å². The number of methoxy groups -OCH3 is 1. The summed E-state index contributed by atoms with van der Waals surface area (Å²) in [5.74, 6) is 0.672. The molecule has 0 aliphatic carbocycles. The molecule has 1 fully saturated rings. The summed E-state index contributed by atoms with van der Waals surface area (Å²) in [6.07, 6.45) is 3.15. The zero-order chi connectivity index (χ0) is 13.9. The second kappa shape index (κ2) is 5.83. The van der Waals surface area contributed by atoms with E-state index in [-0.39, 0.29) is 5.91 Å². The summed E-state index contributed by atoms with van der Waals surface area (Å²) < 4.78 is 5.20. The lowest BCUT2D eigenvalue weighted by Gasteiger charge is -2.23. The van der Waals surface area contributed by atoms with E-state index >= 15 is 0 Å². The fraction of sp³-hybridized carbons (Fsp3) is 0.562. The smallest absolute Gasteiger partial charge is 0.254 e. The minimum atomic E-state index is 0.184. The van der Waals surface area contributed by atoms with Gasteiger partial charge in [-0.15, -0.1) is 0 Å². The second-order valence-electron chi connectivity index (χ2n) is 5.72. The molecule has 2 heterocycles. The maximum absolute atomic E-state index is 12.7. The number of likely N-dealkylation sites (tertiary alicyclic amines) is 1. The molecule has 0 aromatic heterocycles. The second-order valence-corrected chi connectivity index (χ2v) is 5.72. The van der Waals surface area contributed by atoms with Crippen molar-refractivity contribution in [3.05, 3.63) is 29.3 Å². The van der Waals surface area contributed by atoms with Gasteiger partial charge in [0.05, 0.1) is 6.61 Å². The Morgan fingerprint density at radius 3 is 3.25 bits per heavy atom. The van der Waals surface area contributed by atoms with Crippen molar-refractivity contribution in [2.75, 3.05) is 38.7 Å². The first kappa shape index (κ1) is 13.4. The van der Waals surface area contributed by atoms with Crippen LogP contribution in [0.4, 0.5) is 5.69 Å². The van der Waals surface area contributed by atoms with Crippen LogP contribution in [0.5, 0.6) is 0 Å². The topological polar surface area (TPSA) is 41.6 Å². The predicted octanol–water partition coefficient (Wildman–Crippen LogP) is 2.15. The molecule has 1 amide bonds. The lowest BCUT2D eigenvalue weighted by Crippen LogP contribution is -2.30. The van der Waals surface area contributed by atoms with E-state index in [1.807, 2.05) is 17.0 Å². The molecule has 3 rings (SSSR count). The Balaban J connectivity index is 1.78. The molecule has 108 valence electrons. The fourth-order valence-electron chi connectivity index (χ4n) is 3.27. The van der Waals surface area contributed by atoms with Crippen molar-refractivity contribution in [3.63, 3.8) is 0 Å². The molecular formula is C16H22N2O2. The van der Waals surface area contributed by atoms with Gasteiger partial charge in [0.25, 0.3) is 5.91 Å². The molecule has 1 unspecified atom stereocenters. The molecule has 2 aliphatic rings. The minimum Gasteiger partial charge on any atom is -0.385 e. The molecule has 20 heavy (non-hydrogen) atoms. The lowest BCUT2D eigenvalue weighted by molar-refractivity contribution is 0.0774. The highest BCUT2D eigenvalue weighted by Crippen LogP contribution is 2.27. The van der Waals surface area contributed by atoms with E-state index in [0.29, 0.717) is 5.92 Å². The quantitative estimate of drug-likeness (QED) is 0.918. The van der Waals surface area contributed by atoms with Gasteiger partial charge in [-0.1, -0.05) is 6.07 Å². The molecule has 0 bridgehead atoms. The van der Waals surface area contributed by atoms with Crippen LogP contribution in [-0.4, -0.2) is 44.2 Å². The molecule has 1 aromatic carbocycles. The Labute approximate surface area is 120 Å². The van der Waals surface area contributed by atoms with Crippen LogP contribution in [0.25, 0.3) is 0 Å². The molecule has 0 radical (unpaired) electrons. The minimum absolute atomic E-state index is 0.184. The third kappa shape index (κ3) is 2.52. The predicted molar refractivity (Wildman–Crippen MR) is 79.1 cm³/mol. The summed E-state index contributed by atoms with van der Waals surface area (Å²) in [7, 11) is 1.73. The van der Waals surface area contributed by atoms with Gasteiger partial charge in [0.1, 0.15) is 0 Å². The summed E-state index contributed by atoms with van der Waals surface area (Å²) in [6.45, 7) is 3.43. The zero-order valence-electron chi connectivity index (χ0n) is 12.0. The van der Waals surface area contributed by atoms with Gasteiger partial charge in [-0.05, 0) is 37.0 Å². The van der Waals surface area contributed by atoms with Crippen molar-refractivity contribution in [2.45, 2.75) is 19.3 Å². The van der Waals surface area contributed by atoms with Crippen LogP contribution < -0.4 is 5.32 Å². The standard InChI is InChI=1S/C16H22N2O2/c1-20-11-12-7-9-18(10-12)16(19)14-4-2-6-15-13(14)5-3-8-17-15/h2,4,6,12,17H,3,5,7-11H2,1H3. The Hall–Kier alpha value is -1.55. The molecule has 0 spiro atoms. The number of carbonyl (C=O) groups excluding carboxylic acids is 1. The highest BCUT2D eigenvalue weighted by Gasteiger charge is 2.28. The van der Waals surface area contributed by atoms with E-state index in [9.17, 15) is 4.79 Å². The van der Waals surface area contributed by atoms with Crippen LogP contribution in [-0.2, 0) is 11.2 Å². The zero-order valence-corrected chi connectivity index (χ0v) is 12.0. The first-order chi connectivity index (χ1) is 9.79. The van der Waals surface area contributed by atoms with Crippen LogP contribution in [0, 0.1) is 5.92 Å². The first-order valence-electron chi connectivity index (χ1n) is 7.43. The van der Waals surface area contributed by atoms with Gasteiger partial charge in [0, 0.05) is 43.9 Å². The van der Waals surface area contributed by atoms with E-state index < -0.39 is 0 Å². The molecule has 1 saturated heterocycles. The van der Waals surface area contributed by atoms with Crippen molar-refractivity contribution in [1.29, 1.82) is 0 Å². The Morgan fingerprint density at radius 2 is 2.40 bits per heavy atom. The molecule has 2 aliphatic heterocycles. The average Bonchev–Trinajstić information content (AvgIpc) is 2.95. The monoisotopic (exact) mass is 274 g/mol. The fourth-order valence-corrected chi connectivity index (χ4v) is 3.27. The Kier molecular flexibility index (Phi) is 3.92. The molecule has 1 atom stereocenters. The van der Waals surface area contributed by atoms with Crippen molar-refractivity contribution in [3.8, 4) is 0 Å². The van der Waals surface area contributed by atoms with E-state index in [2.05, 4.69) is 11.4 Å². The largest absolute Gasteiger partial charge is 0.385 e. The van der Waals surface area contributed by atoms with Gasteiger partial charge < -0.3 is 15.0 Å². The lowest BCUT2D eigenvalue weighted by atomic mass is 9.97. The summed E-state index contributed by atoms with van der Waals surface area (Å²) in [5, 5.41) is 3.39. The number of hydrogen-bond acceptors (Lipinski definition) is 3. The SMILES string of the molecule is COCC1CCN(C(=O)c2cccc3c2CCCN3)C1. The van der Waals surface area contributed by atoms with Gasteiger partial charge in [-0.3, -0.25) is 4.79 Å². The molecule has 1 aromatic rings. The van der Waals surface area contributed by atoms with Crippen LogP contribution in [0.15, 0.2) is 18.2 Å². The number of carbonyl (C=O) groups is 1. The number of rotatable bonds is 3. The van der Waals surface area contributed by atoms with Crippen LogP contribution >= 0.6 is 0 Å². The maximum atomic E-state index is 12.7. The molecular weight excluding hydrogens is 252 g/mol. The molecule has 4 heteroatoms. The van der Waals surface area contributed by atoms with E-state index in [1.165, 1.54) is 5.56 Å². The first-order valence-corrected chi connectivity index (χ1v) is 7.43. The molecule has 0 saturated carbocycles. The van der Waals surface area contributed by atoms with E-state index in [4.69, 9.17) is 4.74 Å². The number of nitrogens with zero attached hydrogens (tertiary/aromatic N) is 1. The van der Waals surface area contributed by atoms with Gasteiger partial charge in [0.2, 0.25) is 0 Å². The third-order valence-electron chi connectivity index (χ3n) is 4.30. The summed E-state index contributed by atoms with van der Waals surface area (Å²) in [6, 6.07) is 6.02. The van der Waals surface area contributed by atoms with Gasteiger partial charge in [0.15, 0.2) is 0 Å². The summed E-state index contributed by atoms with van der Waals surface area (Å²) in [4.78, 5) is 14.7. The van der Waals surface area contributed by atoms with Crippen LogP contribution in [0.1, 0.15) is 28.8 Å². The highest BCUT2D eigenvalue weighted by molar-refractivity contribution is 5.97. The molecule has 1 N–H and O–H groups in total. The number of ether oxygens (including phenoxy) is 1. The Morgan fingerprint density at radius 1 is 1.50 bits per heavy atom. The Bertz CT molecular complexity index is 501. The number of amides is 1.